The maximum absolute atomic E-state index is 13.2. The van der Waals surface area contributed by atoms with E-state index in [-0.39, 0.29) is 11.7 Å². The van der Waals surface area contributed by atoms with Crippen molar-refractivity contribution in [3.63, 3.8) is 0 Å². The van der Waals surface area contributed by atoms with Crippen LogP contribution in [-0.4, -0.2) is 30.3 Å². The number of rotatable bonds is 5. The van der Waals surface area contributed by atoms with E-state index in [1.54, 1.807) is 25.3 Å². The predicted molar refractivity (Wildman–Crippen MR) is 99.4 cm³/mol. The molecule has 0 atom stereocenters. The number of methoxy groups -OCH3 is 2. The van der Waals surface area contributed by atoms with E-state index < -0.39 is 0 Å². The summed E-state index contributed by atoms with van der Waals surface area (Å²) >= 11 is 0. The van der Waals surface area contributed by atoms with Gasteiger partial charge in [0.2, 0.25) is 11.7 Å². The first-order valence-corrected chi connectivity index (χ1v) is 8.12. The molecule has 0 saturated carbocycles. The summed E-state index contributed by atoms with van der Waals surface area (Å²) in [6.45, 7) is 3.28. The lowest BCUT2D eigenvalue weighted by Gasteiger charge is -2.11. The third-order valence-electron chi connectivity index (χ3n) is 4.22. The highest BCUT2D eigenvalue weighted by Crippen LogP contribution is 2.33. The standard InChI is InChI=1S/C20H20N2O4/c1-12-18(22-10-6-5-7-16(22)20(12)26-4)19(24)14-8-9-15(21-13(2)23)17(11-14)25-3/h5-11H,1-4H3,(H,21,23). The van der Waals surface area contributed by atoms with Crippen LogP contribution in [0.3, 0.4) is 0 Å². The third-order valence-corrected chi connectivity index (χ3v) is 4.22. The van der Waals surface area contributed by atoms with E-state index in [0.717, 1.165) is 11.1 Å². The Bertz CT molecular complexity index is 1000. The topological polar surface area (TPSA) is 69.0 Å². The fourth-order valence-electron chi connectivity index (χ4n) is 3.10. The number of nitrogens with one attached hydrogen (secondary N) is 1. The summed E-state index contributed by atoms with van der Waals surface area (Å²) in [5, 5.41) is 2.68. The Morgan fingerprint density at radius 3 is 2.50 bits per heavy atom. The van der Waals surface area contributed by atoms with E-state index in [9.17, 15) is 9.59 Å². The molecule has 2 aromatic heterocycles. The number of aromatic nitrogens is 1. The molecule has 1 aromatic carbocycles. The highest BCUT2D eigenvalue weighted by atomic mass is 16.5. The molecular formula is C20H20N2O4. The molecule has 2 heterocycles. The minimum atomic E-state index is -0.208. The van der Waals surface area contributed by atoms with E-state index in [2.05, 4.69) is 5.32 Å². The lowest BCUT2D eigenvalue weighted by atomic mass is 10.0. The smallest absolute Gasteiger partial charge is 0.221 e. The molecule has 0 fully saturated rings. The van der Waals surface area contributed by atoms with Gasteiger partial charge in [-0.3, -0.25) is 9.59 Å². The molecule has 26 heavy (non-hydrogen) atoms. The lowest BCUT2D eigenvalue weighted by molar-refractivity contribution is -0.114. The second-order valence-corrected chi connectivity index (χ2v) is 5.89. The summed E-state index contributed by atoms with van der Waals surface area (Å²) in [5.74, 6) is 0.743. The number of ketones is 1. The number of benzene rings is 1. The van der Waals surface area contributed by atoms with Crippen molar-refractivity contribution >= 4 is 22.9 Å². The van der Waals surface area contributed by atoms with Crippen molar-refractivity contribution in [1.29, 1.82) is 0 Å². The molecular weight excluding hydrogens is 332 g/mol. The Labute approximate surface area is 151 Å². The first-order chi connectivity index (χ1) is 12.5. The van der Waals surface area contributed by atoms with Crippen LogP contribution in [0, 0.1) is 6.92 Å². The summed E-state index contributed by atoms with van der Waals surface area (Å²) in [5.41, 5.74) is 3.12. The minimum Gasteiger partial charge on any atom is -0.495 e. The molecule has 0 radical (unpaired) electrons. The molecule has 0 aliphatic heterocycles. The molecule has 0 aliphatic carbocycles. The minimum absolute atomic E-state index is 0.153. The van der Waals surface area contributed by atoms with Crippen LogP contribution in [0.15, 0.2) is 42.6 Å². The number of fused-ring (bicyclic) bond motifs is 1. The molecule has 6 nitrogen and oxygen atoms in total. The summed E-state index contributed by atoms with van der Waals surface area (Å²) in [6, 6.07) is 10.6. The SMILES string of the molecule is COc1cc(C(=O)c2c(C)c(OC)c3ccccn23)ccc1NC(C)=O. The monoisotopic (exact) mass is 352 g/mol. The zero-order valence-electron chi connectivity index (χ0n) is 15.1. The summed E-state index contributed by atoms with van der Waals surface area (Å²) < 4.78 is 12.6. The number of amides is 1. The molecule has 1 N–H and O–H groups in total. The summed E-state index contributed by atoms with van der Waals surface area (Å²) in [6.07, 6.45) is 1.83. The Morgan fingerprint density at radius 2 is 1.85 bits per heavy atom. The first kappa shape index (κ1) is 17.5. The Balaban J connectivity index is 2.12. The first-order valence-electron chi connectivity index (χ1n) is 8.12. The molecule has 0 unspecified atom stereocenters. The molecule has 6 heteroatoms. The maximum Gasteiger partial charge on any atom is 0.221 e. The van der Waals surface area contributed by atoms with E-state index in [1.807, 2.05) is 35.7 Å². The third kappa shape index (κ3) is 2.90. The van der Waals surface area contributed by atoms with E-state index in [0.29, 0.717) is 28.4 Å². The highest BCUT2D eigenvalue weighted by molar-refractivity contribution is 6.11. The van der Waals surface area contributed by atoms with Crippen LogP contribution >= 0.6 is 0 Å². The maximum atomic E-state index is 13.2. The fraction of sp³-hybridized carbons (Fsp3) is 0.200. The molecule has 1 amide bonds. The highest BCUT2D eigenvalue weighted by Gasteiger charge is 2.23. The van der Waals surface area contributed by atoms with Gasteiger partial charge in [-0.1, -0.05) is 6.07 Å². The van der Waals surface area contributed by atoms with Gasteiger partial charge in [-0.2, -0.15) is 0 Å². The van der Waals surface area contributed by atoms with Crippen LogP contribution in [0.1, 0.15) is 28.5 Å². The average molecular weight is 352 g/mol. The largest absolute Gasteiger partial charge is 0.495 e. The Hall–Kier alpha value is -3.28. The second kappa shape index (κ2) is 6.92. The lowest BCUT2D eigenvalue weighted by Crippen LogP contribution is -2.10. The van der Waals surface area contributed by atoms with Crippen molar-refractivity contribution in [3.05, 3.63) is 59.4 Å². The van der Waals surface area contributed by atoms with Gasteiger partial charge in [0, 0.05) is 24.2 Å². The predicted octanol–water partition coefficient (Wildman–Crippen LogP) is 3.45. The molecule has 134 valence electrons. The zero-order valence-corrected chi connectivity index (χ0v) is 15.1. The van der Waals surface area contributed by atoms with Gasteiger partial charge in [-0.15, -0.1) is 0 Å². The number of ether oxygens (including phenoxy) is 2. The normalized spacial score (nSPS) is 10.6. The number of anilines is 1. The van der Waals surface area contributed by atoms with Crippen LogP contribution in [0.2, 0.25) is 0 Å². The van der Waals surface area contributed by atoms with Gasteiger partial charge in [-0.05, 0) is 37.3 Å². The quantitative estimate of drug-likeness (QED) is 0.714. The number of hydrogen-bond donors (Lipinski definition) is 1. The molecule has 0 aliphatic rings. The number of carbonyl (C=O) groups is 2. The Morgan fingerprint density at radius 1 is 1.08 bits per heavy atom. The number of carbonyl (C=O) groups excluding carboxylic acids is 2. The van der Waals surface area contributed by atoms with E-state index in [4.69, 9.17) is 9.47 Å². The second-order valence-electron chi connectivity index (χ2n) is 5.89. The fourth-order valence-corrected chi connectivity index (χ4v) is 3.10. The Kier molecular flexibility index (Phi) is 4.67. The van der Waals surface area contributed by atoms with Gasteiger partial charge in [-0.25, -0.2) is 0 Å². The van der Waals surface area contributed by atoms with E-state index in [1.165, 1.54) is 14.0 Å². The van der Waals surface area contributed by atoms with Gasteiger partial charge in [0.05, 0.1) is 25.4 Å². The van der Waals surface area contributed by atoms with Crippen molar-refractivity contribution in [2.75, 3.05) is 19.5 Å². The van der Waals surface area contributed by atoms with Crippen LogP contribution in [0.25, 0.3) is 5.52 Å². The van der Waals surface area contributed by atoms with Crippen LogP contribution in [-0.2, 0) is 4.79 Å². The molecule has 0 bridgehead atoms. The van der Waals surface area contributed by atoms with Gasteiger partial charge >= 0.3 is 0 Å². The molecule has 0 spiro atoms. The van der Waals surface area contributed by atoms with Crippen molar-refractivity contribution in [2.24, 2.45) is 0 Å². The van der Waals surface area contributed by atoms with Crippen LogP contribution < -0.4 is 14.8 Å². The van der Waals surface area contributed by atoms with E-state index >= 15 is 0 Å². The van der Waals surface area contributed by atoms with Gasteiger partial charge < -0.3 is 19.2 Å². The van der Waals surface area contributed by atoms with Crippen molar-refractivity contribution in [3.8, 4) is 11.5 Å². The van der Waals surface area contributed by atoms with Crippen molar-refractivity contribution in [2.45, 2.75) is 13.8 Å². The van der Waals surface area contributed by atoms with Gasteiger partial charge in [0.15, 0.2) is 0 Å². The molecule has 0 saturated heterocycles. The number of nitrogens with zero attached hydrogens (tertiary/aromatic N) is 1. The van der Waals surface area contributed by atoms with Crippen molar-refractivity contribution in [1.82, 2.24) is 4.40 Å². The molecule has 3 aromatic rings. The summed E-state index contributed by atoms with van der Waals surface area (Å²) in [4.78, 5) is 24.5. The van der Waals surface area contributed by atoms with Gasteiger partial charge in [0.1, 0.15) is 17.2 Å². The average Bonchev–Trinajstić information content (AvgIpc) is 2.92. The summed E-state index contributed by atoms with van der Waals surface area (Å²) in [7, 11) is 3.09. The number of hydrogen-bond acceptors (Lipinski definition) is 4. The van der Waals surface area contributed by atoms with Gasteiger partial charge in [0.25, 0.3) is 0 Å². The van der Waals surface area contributed by atoms with Crippen LogP contribution in [0.5, 0.6) is 11.5 Å². The molecule has 3 rings (SSSR count). The van der Waals surface area contributed by atoms with Crippen LogP contribution in [0.4, 0.5) is 5.69 Å². The van der Waals surface area contributed by atoms with Crippen molar-refractivity contribution < 1.29 is 19.1 Å². The zero-order chi connectivity index (χ0) is 18.8. The number of pyridine rings is 1.